The Bertz CT molecular complexity index is 882. The van der Waals surface area contributed by atoms with Crippen LogP contribution >= 0.6 is 0 Å². The third-order valence-electron chi connectivity index (χ3n) is 4.11. The molecule has 0 fully saturated rings. The third-order valence-corrected chi connectivity index (χ3v) is 4.11. The highest BCUT2D eigenvalue weighted by molar-refractivity contribution is 5.69. The van der Waals surface area contributed by atoms with E-state index in [1.807, 2.05) is 11.5 Å². The Morgan fingerprint density at radius 1 is 1.00 bits per heavy atom. The van der Waals surface area contributed by atoms with Gasteiger partial charge in [-0.2, -0.15) is 0 Å². The van der Waals surface area contributed by atoms with E-state index in [1.54, 1.807) is 17.2 Å². The summed E-state index contributed by atoms with van der Waals surface area (Å²) < 4.78 is 3.48. The van der Waals surface area contributed by atoms with Gasteiger partial charge in [0.2, 0.25) is 0 Å². The van der Waals surface area contributed by atoms with E-state index in [1.165, 1.54) is 5.56 Å². The van der Waals surface area contributed by atoms with Crippen molar-refractivity contribution in [3.8, 4) is 0 Å². The van der Waals surface area contributed by atoms with Crippen molar-refractivity contribution in [1.82, 2.24) is 19.1 Å². The van der Waals surface area contributed by atoms with Gasteiger partial charge in [-0.1, -0.05) is 45.0 Å². The van der Waals surface area contributed by atoms with Crippen LogP contribution in [-0.2, 0) is 18.5 Å². The van der Waals surface area contributed by atoms with Crippen LogP contribution in [0, 0.1) is 0 Å². The molecular weight excluding hydrogens is 288 g/mol. The molecule has 2 aromatic heterocycles. The highest BCUT2D eigenvalue weighted by Crippen LogP contribution is 2.22. The van der Waals surface area contributed by atoms with Gasteiger partial charge < -0.3 is 4.57 Å². The summed E-state index contributed by atoms with van der Waals surface area (Å²) in [6.45, 7) is 9.75. The van der Waals surface area contributed by atoms with Crippen LogP contribution in [0.5, 0.6) is 0 Å². The van der Waals surface area contributed by atoms with Gasteiger partial charge in [0.05, 0.1) is 6.33 Å². The Morgan fingerprint density at radius 2 is 1.61 bits per heavy atom. The Morgan fingerprint density at radius 3 is 2.17 bits per heavy atom. The van der Waals surface area contributed by atoms with Crippen molar-refractivity contribution in [3.63, 3.8) is 0 Å². The lowest BCUT2D eigenvalue weighted by atomic mass is 9.87. The van der Waals surface area contributed by atoms with E-state index in [-0.39, 0.29) is 11.0 Å². The summed E-state index contributed by atoms with van der Waals surface area (Å²) in [6.07, 6.45) is 3.25. The summed E-state index contributed by atoms with van der Waals surface area (Å²) in [4.78, 5) is 21.0. The molecule has 0 radical (unpaired) electrons. The number of nitrogens with zero attached hydrogens (tertiary/aromatic N) is 4. The Balaban J connectivity index is 1.97. The lowest BCUT2D eigenvalue weighted by Gasteiger charge is -2.19. The zero-order valence-electron chi connectivity index (χ0n) is 14.1. The van der Waals surface area contributed by atoms with Crippen molar-refractivity contribution in [2.24, 2.45) is 0 Å². The molecule has 3 rings (SSSR count). The fraction of sp³-hybridized carbons (Fsp3) is 0.389. The third kappa shape index (κ3) is 2.91. The van der Waals surface area contributed by atoms with Gasteiger partial charge in [0, 0.05) is 13.1 Å². The largest absolute Gasteiger partial charge is 0.320 e. The Labute approximate surface area is 135 Å². The molecule has 0 saturated heterocycles. The standard InChI is InChI=1S/C18H22N4O/c1-5-21-11-19-16-15(17(21)23)22(12-20-16)10-13-6-8-14(9-7-13)18(2,3)4/h6-9,11-12H,5,10H2,1-4H3. The lowest BCUT2D eigenvalue weighted by Crippen LogP contribution is -2.21. The monoisotopic (exact) mass is 310 g/mol. The molecule has 0 amide bonds. The normalized spacial score (nSPS) is 12.0. The molecule has 0 bridgehead atoms. The number of fused-ring (bicyclic) bond motifs is 1. The van der Waals surface area contributed by atoms with Crippen LogP contribution in [0.25, 0.3) is 11.2 Å². The molecule has 3 aromatic rings. The van der Waals surface area contributed by atoms with Crippen molar-refractivity contribution in [1.29, 1.82) is 0 Å². The molecule has 0 aliphatic rings. The molecule has 5 heteroatoms. The molecule has 2 heterocycles. The van der Waals surface area contributed by atoms with Crippen LogP contribution in [0.2, 0.25) is 0 Å². The quantitative estimate of drug-likeness (QED) is 0.747. The first-order chi connectivity index (χ1) is 10.9. The van der Waals surface area contributed by atoms with Gasteiger partial charge in [-0.25, -0.2) is 9.97 Å². The maximum atomic E-state index is 12.5. The summed E-state index contributed by atoms with van der Waals surface area (Å²) in [5.41, 5.74) is 3.61. The van der Waals surface area contributed by atoms with E-state index in [2.05, 4.69) is 55.0 Å². The van der Waals surface area contributed by atoms with E-state index < -0.39 is 0 Å². The molecule has 120 valence electrons. The Hall–Kier alpha value is -2.43. The molecule has 0 saturated carbocycles. The number of benzene rings is 1. The molecule has 0 aliphatic carbocycles. The van der Waals surface area contributed by atoms with E-state index in [9.17, 15) is 4.79 Å². The van der Waals surface area contributed by atoms with Gasteiger partial charge in [0.25, 0.3) is 5.56 Å². The number of hydrogen-bond acceptors (Lipinski definition) is 3. The van der Waals surface area contributed by atoms with Crippen molar-refractivity contribution < 1.29 is 0 Å². The van der Waals surface area contributed by atoms with Crippen LogP contribution in [0.3, 0.4) is 0 Å². The number of hydrogen-bond donors (Lipinski definition) is 0. The summed E-state index contributed by atoms with van der Waals surface area (Å²) >= 11 is 0. The SMILES string of the molecule is CCn1cnc2ncn(Cc3ccc(C(C)(C)C)cc3)c2c1=O. The number of rotatable bonds is 3. The fourth-order valence-corrected chi connectivity index (χ4v) is 2.65. The zero-order chi connectivity index (χ0) is 16.6. The van der Waals surface area contributed by atoms with Gasteiger partial charge in [0.15, 0.2) is 11.2 Å². The molecule has 0 atom stereocenters. The van der Waals surface area contributed by atoms with Crippen LogP contribution in [-0.4, -0.2) is 19.1 Å². The minimum Gasteiger partial charge on any atom is -0.320 e. The summed E-state index contributed by atoms with van der Waals surface area (Å²) in [5.74, 6) is 0. The first-order valence-corrected chi connectivity index (χ1v) is 7.90. The van der Waals surface area contributed by atoms with Gasteiger partial charge in [-0.3, -0.25) is 9.36 Å². The number of imidazole rings is 1. The van der Waals surface area contributed by atoms with E-state index in [0.717, 1.165) is 5.56 Å². The van der Waals surface area contributed by atoms with Gasteiger partial charge >= 0.3 is 0 Å². The lowest BCUT2D eigenvalue weighted by molar-refractivity contribution is 0.590. The zero-order valence-corrected chi connectivity index (χ0v) is 14.1. The van der Waals surface area contributed by atoms with E-state index >= 15 is 0 Å². The predicted molar refractivity (Wildman–Crippen MR) is 91.7 cm³/mol. The minimum absolute atomic E-state index is 0.0405. The highest BCUT2D eigenvalue weighted by atomic mass is 16.1. The molecule has 0 aliphatic heterocycles. The second kappa shape index (κ2) is 5.65. The van der Waals surface area contributed by atoms with Crippen LogP contribution in [0.15, 0.2) is 41.7 Å². The smallest absolute Gasteiger partial charge is 0.279 e. The first-order valence-electron chi connectivity index (χ1n) is 7.90. The van der Waals surface area contributed by atoms with Crippen molar-refractivity contribution in [2.75, 3.05) is 0 Å². The average molecular weight is 310 g/mol. The molecule has 0 N–H and O–H groups in total. The molecule has 5 nitrogen and oxygen atoms in total. The molecule has 0 spiro atoms. The second-order valence-electron chi connectivity index (χ2n) is 6.83. The maximum Gasteiger partial charge on any atom is 0.279 e. The van der Waals surface area contributed by atoms with E-state index in [4.69, 9.17) is 0 Å². The van der Waals surface area contributed by atoms with Crippen LogP contribution in [0.4, 0.5) is 0 Å². The van der Waals surface area contributed by atoms with Crippen molar-refractivity contribution >= 4 is 11.2 Å². The molecule has 1 aromatic carbocycles. The first kappa shape index (κ1) is 15.5. The van der Waals surface area contributed by atoms with Gasteiger partial charge in [-0.05, 0) is 23.5 Å². The fourth-order valence-electron chi connectivity index (χ4n) is 2.65. The maximum absolute atomic E-state index is 12.5. The van der Waals surface area contributed by atoms with Crippen molar-refractivity contribution in [2.45, 2.75) is 46.2 Å². The van der Waals surface area contributed by atoms with Gasteiger partial charge in [-0.15, -0.1) is 0 Å². The summed E-state index contributed by atoms with van der Waals surface area (Å²) in [6, 6.07) is 8.52. The summed E-state index contributed by atoms with van der Waals surface area (Å²) in [7, 11) is 0. The summed E-state index contributed by atoms with van der Waals surface area (Å²) in [5, 5.41) is 0. The minimum atomic E-state index is -0.0405. The molecule has 23 heavy (non-hydrogen) atoms. The predicted octanol–water partition coefficient (Wildman–Crippen LogP) is 2.96. The number of aromatic nitrogens is 4. The van der Waals surface area contributed by atoms with Crippen LogP contribution in [0.1, 0.15) is 38.8 Å². The topological polar surface area (TPSA) is 52.7 Å². The van der Waals surface area contributed by atoms with E-state index in [0.29, 0.717) is 24.3 Å². The highest BCUT2D eigenvalue weighted by Gasteiger charge is 2.14. The molecular formula is C18H22N4O. The average Bonchev–Trinajstić information content (AvgIpc) is 2.91. The van der Waals surface area contributed by atoms with Crippen molar-refractivity contribution in [3.05, 3.63) is 58.4 Å². The molecule has 0 unspecified atom stereocenters. The van der Waals surface area contributed by atoms with Crippen LogP contribution < -0.4 is 5.56 Å². The number of aryl methyl sites for hydroxylation is 1. The van der Waals surface area contributed by atoms with Gasteiger partial charge in [0.1, 0.15) is 6.33 Å². The second-order valence-corrected chi connectivity index (χ2v) is 6.83. The Kier molecular flexibility index (Phi) is 3.80.